The standard InChI is InChI=1S/C9H7Cl2FN2/c1-9(2,12)6-3-7(10)14-8(11)5(6)4-13/h3H,1-2H3. The van der Waals surface area contributed by atoms with E-state index in [9.17, 15) is 4.39 Å². The largest absolute Gasteiger partial charge is 0.239 e. The van der Waals surface area contributed by atoms with Crippen LogP contribution in [0.5, 0.6) is 0 Å². The summed E-state index contributed by atoms with van der Waals surface area (Å²) in [6.07, 6.45) is 0. The minimum atomic E-state index is -1.67. The molecule has 0 saturated heterocycles. The first-order chi connectivity index (χ1) is 6.36. The minimum absolute atomic E-state index is 0.0311. The molecule has 0 aliphatic rings. The molecule has 0 aromatic carbocycles. The first-order valence-corrected chi connectivity index (χ1v) is 4.57. The molecule has 0 fully saturated rings. The second-order valence-corrected chi connectivity index (χ2v) is 3.99. The first-order valence-electron chi connectivity index (χ1n) is 3.82. The Morgan fingerprint density at radius 1 is 1.50 bits per heavy atom. The van der Waals surface area contributed by atoms with E-state index in [2.05, 4.69) is 4.98 Å². The smallest absolute Gasteiger partial charge is 0.148 e. The summed E-state index contributed by atoms with van der Waals surface area (Å²) in [6, 6.07) is 3.12. The number of nitriles is 1. The maximum Gasteiger partial charge on any atom is 0.148 e. The van der Waals surface area contributed by atoms with Gasteiger partial charge in [0, 0.05) is 5.56 Å². The highest BCUT2D eigenvalue weighted by Gasteiger charge is 2.25. The van der Waals surface area contributed by atoms with Gasteiger partial charge in [-0.25, -0.2) is 9.37 Å². The van der Waals surface area contributed by atoms with Gasteiger partial charge in [-0.3, -0.25) is 0 Å². The predicted molar refractivity (Wildman–Crippen MR) is 53.1 cm³/mol. The van der Waals surface area contributed by atoms with Crippen molar-refractivity contribution in [1.82, 2.24) is 4.98 Å². The molecule has 0 atom stereocenters. The average Bonchev–Trinajstić information content (AvgIpc) is 2.01. The number of pyridine rings is 1. The van der Waals surface area contributed by atoms with Crippen LogP contribution in [0.3, 0.4) is 0 Å². The molecule has 0 amide bonds. The number of alkyl halides is 1. The quantitative estimate of drug-likeness (QED) is 0.696. The van der Waals surface area contributed by atoms with Crippen molar-refractivity contribution >= 4 is 23.2 Å². The van der Waals surface area contributed by atoms with Crippen LogP contribution in [0.2, 0.25) is 10.3 Å². The monoisotopic (exact) mass is 232 g/mol. The molecule has 74 valence electrons. The van der Waals surface area contributed by atoms with E-state index in [1.165, 1.54) is 19.9 Å². The van der Waals surface area contributed by atoms with Crippen molar-refractivity contribution in [2.24, 2.45) is 0 Å². The van der Waals surface area contributed by atoms with Gasteiger partial charge in [-0.2, -0.15) is 5.26 Å². The Balaban J connectivity index is 3.50. The van der Waals surface area contributed by atoms with Crippen molar-refractivity contribution in [3.8, 4) is 6.07 Å². The molecule has 1 aromatic rings. The molecular weight excluding hydrogens is 226 g/mol. The zero-order valence-electron chi connectivity index (χ0n) is 7.61. The molecule has 0 aliphatic heterocycles. The maximum absolute atomic E-state index is 13.6. The van der Waals surface area contributed by atoms with Crippen LogP contribution in [-0.4, -0.2) is 4.98 Å². The van der Waals surface area contributed by atoms with E-state index >= 15 is 0 Å². The van der Waals surface area contributed by atoms with Gasteiger partial charge >= 0.3 is 0 Å². The van der Waals surface area contributed by atoms with Crippen molar-refractivity contribution in [3.05, 3.63) is 27.5 Å². The van der Waals surface area contributed by atoms with Crippen LogP contribution in [0.25, 0.3) is 0 Å². The van der Waals surface area contributed by atoms with E-state index in [0.29, 0.717) is 0 Å². The van der Waals surface area contributed by atoms with Crippen LogP contribution < -0.4 is 0 Å². The Morgan fingerprint density at radius 3 is 2.50 bits per heavy atom. The van der Waals surface area contributed by atoms with E-state index in [-0.39, 0.29) is 21.4 Å². The Morgan fingerprint density at radius 2 is 2.07 bits per heavy atom. The van der Waals surface area contributed by atoms with Crippen molar-refractivity contribution in [2.75, 3.05) is 0 Å². The third-order valence-corrected chi connectivity index (χ3v) is 2.16. The molecular formula is C9H7Cl2FN2. The lowest BCUT2D eigenvalue weighted by Crippen LogP contribution is -2.12. The van der Waals surface area contributed by atoms with Crippen LogP contribution in [0.1, 0.15) is 25.0 Å². The summed E-state index contributed by atoms with van der Waals surface area (Å²) >= 11 is 11.3. The zero-order valence-corrected chi connectivity index (χ0v) is 9.12. The summed E-state index contributed by atoms with van der Waals surface area (Å²) in [5.74, 6) is 0. The van der Waals surface area contributed by atoms with Gasteiger partial charge in [0.2, 0.25) is 0 Å². The molecule has 14 heavy (non-hydrogen) atoms. The SMILES string of the molecule is CC(C)(F)c1cc(Cl)nc(Cl)c1C#N. The fourth-order valence-electron chi connectivity index (χ4n) is 1.06. The van der Waals surface area contributed by atoms with Gasteiger partial charge in [0.15, 0.2) is 0 Å². The summed E-state index contributed by atoms with van der Waals surface area (Å²) in [4.78, 5) is 3.66. The number of aromatic nitrogens is 1. The Bertz CT molecular complexity index is 404. The molecule has 1 rings (SSSR count). The van der Waals surface area contributed by atoms with Gasteiger partial charge in [0.25, 0.3) is 0 Å². The van der Waals surface area contributed by atoms with E-state index in [0.717, 1.165) is 0 Å². The maximum atomic E-state index is 13.6. The van der Waals surface area contributed by atoms with Crippen LogP contribution in [0.4, 0.5) is 4.39 Å². The second kappa shape index (κ2) is 3.72. The summed E-state index contributed by atoms with van der Waals surface area (Å²) in [5, 5.41) is 8.78. The summed E-state index contributed by atoms with van der Waals surface area (Å²) in [7, 11) is 0. The Kier molecular flexibility index (Phi) is 2.98. The van der Waals surface area contributed by atoms with Gasteiger partial charge < -0.3 is 0 Å². The van der Waals surface area contributed by atoms with E-state index in [4.69, 9.17) is 28.5 Å². The lowest BCUT2D eigenvalue weighted by molar-refractivity contribution is 0.221. The van der Waals surface area contributed by atoms with E-state index < -0.39 is 5.67 Å². The van der Waals surface area contributed by atoms with Gasteiger partial charge in [0.05, 0.1) is 5.56 Å². The molecule has 0 aliphatic carbocycles. The Hall–Kier alpha value is -0.850. The van der Waals surface area contributed by atoms with Crippen molar-refractivity contribution in [1.29, 1.82) is 5.26 Å². The van der Waals surface area contributed by atoms with Crippen LogP contribution in [0, 0.1) is 11.3 Å². The highest BCUT2D eigenvalue weighted by molar-refractivity contribution is 6.33. The normalized spacial score (nSPS) is 11.1. The summed E-state index contributed by atoms with van der Waals surface area (Å²) < 4.78 is 13.6. The number of nitrogens with zero attached hydrogens (tertiary/aromatic N) is 2. The molecule has 0 bridgehead atoms. The zero-order chi connectivity index (χ0) is 10.9. The number of halogens is 3. The predicted octanol–water partition coefficient (Wildman–Crippen LogP) is 3.46. The number of hydrogen-bond acceptors (Lipinski definition) is 2. The van der Waals surface area contributed by atoms with Gasteiger partial charge in [0.1, 0.15) is 22.0 Å². The fraction of sp³-hybridized carbons (Fsp3) is 0.333. The van der Waals surface area contributed by atoms with Crippen molar-refractivity contribution in [3.63, 3.8) is 0 Å². The lowest BCUT2D eigenvalue weighted by atomic mass is 9.97. The molecule has 0 radical (unpaired) electrons. The van der Waals surface area contributed by atoms with Crippen LogP contribution >= 0.6 is 23.2 Å². The summed E-state index contributed by atoms with van der Waals surface area (Å²) in [6.45, 7) is 2.66. The lowest BCUT2D eigenvalue weighted by Gasteiger charge is -2.16. The molecule has 0 saturated carbocycles. The van der Waals surface area contributed by atoms with Crippen molar-refractivity contribution < 1.29 is 4.39 Å². The molecule has 5 heteroatoms. The fourth-order valence-corrected chi connectivity index (χ4v) is 1.53. The molecule has 0 N–H and O–H groups in total. The highest BCUT2D eigenvalue weighted by atomic mass is 35.5. The summed E-state index contributed by atoms with van der Waals surface area (Å²) in [5.41, 5.74) is -1.48. The average molecular weight is 233 g/mol. The molecule has 0 spiro atoms. The highest BCUT2D eigenvalue weighted by Crippen LogP contribution is 2.32. The Labute approximate surface area is 91.3 Å². The van der Waals surface area contributed by atoms with E-state index in [1.807, 2.05) is 0 Å². The third kappa shape index (κ3) is 2.14. The van der Waals surface area contributed by atoms with Crippen LogP contribution in [-0.2, 0) is 5.67 Å². The van der Waals surface area contributed by atoms with Gasteiger partial charge in [-0.05, 0) is 19.9 Å². The van der Waals surface area contributed by atoms with Gasteiger partial charge in [-0.15, -0.1) is 0 Å². The van der Waals surface area contributed by atoms with Crippen molar-refractivity contribution in [2.45, 2.75) is 19.5 Å². The topological polar surface area (TPSA) is 36.7 Å². The molecule has 0 unspecified atom stereocenters. The third-order valence-electron chi connectivity index (χ3n) is 1.70. The number of hydrogen-bond donors (Lipinski definition) is 0. The first kappa shape index (κ1) is 11.2. The molecule has 1 aromatic heterocycles. The molecule has 1 heterocycles. The molecule has 2 nitrogen and oxygen atoms in total. The van der Waals surface area contributed by atoms with Crippen LogP contribution in [0.15, 0.2) is 6.07 Å². The minimum Gasteiger partial charge on any atom is -0.239 e. The van der Waals surface area contributed by atoms with E-state index in [1.54, 1.807) is 6.07 Å². The van der Waals surface area contributed by atoms with Gasteiger partial charge in [-0.1, -0.05) is 23.2 Å². The second-order valence-electron chi connectivity index (χ2n) is 3.24. The number of rotatable bonds is 1.